The molecule has 0 radical (unpaired) electrons. The summed E-state index contributed by atoms with van der Waals surface area (Å²) in [5.41, 5.74) is 5.49. The summed E-state index contributed by atoms with van der Waals surface area (Å²) < 4.78 is 13.0. The van der Waals surface area contributed by atoms with Crippen molar-refractivity contribution in [1.82, 2.24) is 9.78 Å². The summed E-state index contributed by atoms with van der Waals surface area (Å²) in [6.45, 7) is 0.800. The van der Waals surface area contributed by atoms with Gasteiger partial charge in [0.05, 0.1) is 12.2 Å². The Labute approximate surface area is 118 Å². The Hall–Kier alpha value is -1.56. The molecule has 2 heterocycles. The van der Waals surface area contributed by atoms with Gasteiger partial charge in [0.2, 0.25) is 0 Å². The van der Waals surface area contributed by atoms with Crippen molar-refractivity contribution < 1.29 is 14.3 Å². The Morgan fingerprint density at radius 3 is 3.05 bits per heavy atom. The number of hydrogen-bond acceptors (Lipinski definition) is 5. The van der Waals surface area contributed by atoms with E-state index in [1.54, 1.807) is 12.3 Å². The zero-order valence-electron chi connectivity index (χ0n) is 11.6. The third kappa shape index (κ3) is 2.95. The van der Waals surface area contributed by atoms with Crippen molar-refractivity contribution >= 4 is 11.8 Å². The minimum absolute atomic E-state index is 0.0257. The number of esters is 1. The molecule has 1 atom stereocenters. The molecular weight excluding hydrogens is 258 g/mol. The number of ether oxygens (including phenoxy) is 2. The minimum atomic E-state index is -0.256. The predicted molar refractivity (Wildman–Crippen MR) is 72.9 cm³/mol. The highest BCUT2D eigenvalue weighted by atomic mass is 16.6. The first-order valence-corrected chi connectivity index (χ1v) is 7.28. The first-order chi connectivity index (χ1) is 9.65. The molecule has 2 N–H and O–H groups in total. The van der Waals surface area contributed by atoms with E-state index in [-0.39, 0.29) is 24.2 Å². The average molecular weight is 279 g/mol. The van der Waals surface area contributed by atoms with Gasteiger partial charge >= 0.3 is 5.97 Å². The van der Waals surface area contributed by atoms with Gasteiger partial charge in [-0.1, -0.05) is 12.8 Å². The largest absolute Gasteiger partial charge is 0.461 e. The van der Waals surface area contributed by atoms with Gasteiger partial charge in [-0.25, -0.2) is 0 Å². The molecule has 110 valence electrons. The van der Waals surface area contributed by atoms with E-state index in [4.69, 9.17) is 15.2 Å². The fourth-order valence-corrected chi connectivity index (χ4v) is 3.27. The van der Waals surface area contributed by atoms with Crippen LogP contribution in [0.5, 0.6) is 0 Å². The lowest BCUT2D eigenvalue weighted by Gasteiger charge is -2.37. The van der Waals surface area contributed by atoms with E-state index < -0.39 is 0 Å². The fraction of sp³-hybridized carbons (Fsp3) is 0.714. The summed E-state index contributed by atoms with van der Waals surface area (Å²) in [5.74, 6) is 0.155. The van der Waals surface area contributed by atoms with Crippen LogP contribution in [0.3, 0.4) is 0 Å². The van der Waals surface area contributed by atoms with Crippen LogP contribution in [0.2, 0.25) is 0 Å². The minimum Gasteiger partial charge on any atom is -0.461 e. The molecule has 1 aromatic rings. The summed E-state index contributed by atoms with van der Waals surface area (Å²) >= 11 is 0. The maximum atomic E-state index is 11.9. The van der Waals surface area contributed by atoms with Crippen molar-refractivity contribution in [1.29, 1.82) is 0 Å². The first-order valence-electron chi connectivity index (χ1n) is 7.28. The van der Waals surface area contributed by atoms with Crippen LogP contribution >= 0.6 is 0 Å². The summed E-state index contributed by atoms with van der Waals surface area (Å²) in [5, 5.41) is 3.98. The Balaban J connectivity index is 1.53. The van der Waals surface area contributed by atoms with E-state index in [1.807, 2.05) is 0 Å². The highest BCUT2D eigenvalue weighted by molar-refractivity contribution is 5.69. The fourth-order valence-electron chi connectivity index (χ4n) is 3.27. The molecule has 6 nitrogen and oxygen atoms in total. The second kappa shape index (κ2) is 5.44. The lowest BCUT2D eigenvalue weighted by Crippen LogP contribution is -2.41. The predicted octanol–water partition coefficient (Wildman–Crippen LogP) is 1.50. The van der Waals surface area contributed by atoms with Crippen LogP contribution in [-0.2, 0) is 20.8 Å². The van der Waals surface area contributed by atoms with Crippen molar-refractivity contribution in [2.75, 3.05) is 12.3 Å². The van der Waals surface area contributed by atoms with Crippen molar-refractivity contribution in [3.8, 4) is 0 Å². The smallest absolute Gasteiger partial charge is 0.328 e. The second-order valence-electron chi connectivity index (χ2n) is 5.78. The molecule has 1 spiro atoms. The molecular formula is C14H21N3O3. The molecule has 6 heteroatoms. The number of anilines is 1. The first kappa shape index (κ1) is 13.4. The van der Waals surface area contributed by atoms with Crippen molar-refractivity contribution in [2.45, 2.75) is 56.8 Å². The van der Waals surface area contributed by atoms with E-state index in [0.717, 1.165) is 25.7 Å². The number of nitrogens with two attached hydrogens (primary N) is 1. The molecule has 1 unspecified atom stereocenters. The maximum Gasteiger partial charge on any atom is 0.328 e. The van der Waals surface area contributed by atoms with Crippen LogP contribution in [0, 0.1) is 0 Å². The number of carbonyl (C=O) groups excluding carboxylic acids is 1. The van der Waals surface area contributed by atoms with Gasteiger partial charge in [0.1, 0.15) is 18.5 Å². The van der Waals surface area contributed by atoms with Gasteiger partial charge in [-0.2, -0.15) is 5.10 Å². The highest BCUT2D eigenvalue weighted by Crippen LogP contribution is 2.40. The number of aromatic nitrogens is 2. The van der Waals surface area contributed by atoms with Crippen molar-refractivity contribution in [2.24, 2.45) is 0 Å². The number of nitrogen functional groups attached to an aromatic ring is 1. The van der Waals surface area contributed by atoms with Crippen molar-refractivity contribution in [3.63, 3.8) is 0 Å². The maximum absolute atomic E-state index is 11.9. The van der Waals surface area contributed by atoms with E-state index in [2.05, 4.69) is 5.10 Å². The number of nitrogens with zero attached hydrogens (tertiary/aromatic N) is 2. The molecule has 2 aliphatic rings. The summed E-state index contributed by atoms with van der Waals surface area (Å²) in [7, 11) is 0. The quantitative estimate of drug-likeness (QED) is 0.848. The van der Waals surface area contributed by atoms with Crippen LogP contribution in [0.4, 0.5) is 5.82 Å². The van der Waals surface area contributed by atoms with Crippen LogP contribution in [0.15, 0.2) is 12.3 Å². The SMILES string of the molecule is Nc1ccn(CC(=O)OC2CCOC3(CCCC3)C2)n1. The Morgan fingerprint density at radius 2 is 2.35 bits per heavy atom. The lowest BCUT2D eigenvalue weighted by molar-refractivity contribution is -0.166. The van der Waals surface area contributed by atoms with Gasteiger partial charge in [-0.3, -0.25) is 9.48 Å². The Kier molecular flexibility index (Phi) is 3.65. The summed E-state index contributed by atoms with van der Waals surface area (Å²) in [6.07, 6.45) is 7.89. The zero-order chi connectivity index (χ0) is 14.0. The number of hydrogen-bond donors (Lipinski definition) is 1. The molecule has 0 amide bonds. The van der Waals surface area contributed by atoms with E-state index >= 15 is 0 Å². The van der Waals surface area contributed by atoms with Crippen LogP contribution < -0.4 is 5.73 Å². The number of carbonyl (C=O) groups is 1. The van der Waals surface area contributed by atoms with Crippen LogP contribution in [-0.4, -0.2) is 34.1 Å². The molecule has 20 heavy (non-hydrogen) atoms. The second-order valence-corrected chi connectivity index (χ2v) is 5.78. The molecule has 3 rings (SSSR count). The monoisotopic (exact) mass is 279 g/mol. The lowest BCUT2D eigenvalue weighted by atomic mass is 9.90. The zero-order valence-corrected chi connectivity index (χ0v) is 11.6. The Morgan fingerprint density at radius 1 is 1.55 bits per heavy atom. The van der Waals surface area contributed by atoms with E-state index in [0.29, 0.717) is 12.4 Å². The summed E-state index contributed by atoms with van der Waals surface area (Å²) in [4.78, 5) is 11.9. The van der Waals surface area contributed by atoms with Gasteiger partial charge in [0.15, 0.2) is 0 Å². The third-order valence-corrected chi connectivity index (χ3v) is 4.21. The van der Waals surface area contributed by atoms with E-state index in [1.165, 1.54) is 17.5 Å². The van der Waals surface area contributed by atoms with Gasteiger partial charge < -0.3 is 15.2 Å². The molecule has 1 saturated carbocycles. The van der Waals surface area contributed by atoms with Crippen molar-refractivity contribution in [3.05, 3.63) is 12.3 Å². The normalized spacial score (nSPS) is 24.9. The van der Waals surface area contributed by atoms with Crippen LogP contribution in [0.1, 0.15) is 38.5 Å². The van der Waals surface area contributed by atoms with Crippen LogP contribution in [0.25, 0.3) is 0 Å². The Bertz CT molecular complexity index is 480. The van der Waals surface area contributed by atoms with Gasteiger partial charge in [0.25, 0.3) is 0 Å². The summed E-state index contributed by atoms with van der Waals surface area (Å²) in [6, 6.07) is 1.66. The standard InChI is InChI=1S/C14H21N3O3/c15-12-3-7-17(16-12)10-13(18)20-11-4-8-19-14(9-11)5-1-2-6-14/h3,7,11H,1-2,4-6,8-10H2,(H2,15,16). The molecule has 0 aromatic carbocycles. The highest BCUT2D eigenvalue weighted by Gasteiger charge is 2.41. The van der Waals surface area contributed by atoms with Gasteiger partial charge in [-0.15, -0.1) is 0 Å². The molecule has 1 saturated heterocycles. The molecule has 0 bridgehead atoms. The average Bonchev–Trinajstić information content (AvgIpc) is 2.99. The van der Waals surface area contributed by atoms with Gasteiger partial charge in [-0.05, 0) is 18.9 Å². The molecule has 2 fully saturated rings. The number of rotatable bonds is 3. The topological polar surface area (TPSA) is 79.4 Å². The molecule has 1 aromatic heterocycles. The molecule has 1 aliphatic heterocycles. The van der Waals surface area contributed by atoms with Gasteiger partial charge in [0, 0.05) is 19.0 Å². The molecule has 1 aliphatic carbocycles. The third-order valence-electron chi connectivity index (χ3n) is 4.21. The van der Waals surface area contributed by atoms with E-state index in [9.17, 15) is 4.79 Å².